The molecule has 0 unspecified atom stereocenters. The monoisotopic (exact) mass is 1130 g/mol. The highest BCUT2D eigenvalue weighted by molar-refractivity contribution is 6.22. The lowest BCUT2D eigenvalue weighted by Crippen LogP contribution is -2.16. The van der Waals surface area contributed by atoms with Crippen molar-refractivity contribution in [3.05, 3.63) is 253 Å². The van der Waals surface area contributed by atoms with Crippen molar-refractivity contribution in [1.29, 1.82) is 0 Å². The summed E-state index contributed by atoms with van der Waals surface area (Å²) in [5.41, 5.74) is 18.9. The van der Waals surface area contributed by atoms with Crippen molar-refractivity contribution in [2.24, 2.45) is 0 Å². The summed E-state index contributed by atoms with van der Waals surface area (Å²) in [5.74, 6) is 2.38. The fourth-order valence-corrected chi connectivity index (χ4v) is 13.2. The highest BCUT2D eigenvalue weighted by Gasteiger charge is 2.28. The van der Waals surface area contributed by atoms with Crippen molar-refractivity contribution in [1.82, 2.24) is 14.1 Å². The number of hydrogen-bond donors (Lipinski definition) is 0. The van der Waals surface area contributed by atoms with Gasteiger partial charge in [0.15, 0.2) is 0 Å². The molecule has 0 saturated carbocycles. The summed E-state index contributed by atoms with van der Waals surface area (Å²) in [4.78, 5) is 7.50. The first-order chi connectivity index (χ1) is 41.6. The van der Waals surface area contributed by atoms with Crippen LogP contribution in [-0.2, 0) is 28.3 Å². The van der Waals surface area contributed by atoms with Gasteiger partial charge in [0.25, 0.3) is 0 Å². The van der Waals surface area contributed by atoms with E-state index in [1.54, 1.807) is 0 Å². The van der Waals surface area contributed by atoms with E-state index < -0.39 is 0 Å². The number of nitrogens with zero attached hydrogens (tertiary/aromatic N) is 4. The van der Waals surface area contributed by atoms with Crippen LogP contribution in [0.4, 0.5) is 11.4 Å². The molecule has 0 aliphatic carbocycles. The average Bonchev–Trinajstić information content (AvgIpc) is 1.63. The molecule has 3 aromatic heterocycles. The lowest BCUT2D eigenvalue weighted by molar-refractivity contribution is 0.483. The Morgan fingerprint density at radius 3 is 1.55 bits per heavy atom. The van der Waals surface area contributed by atoms with Gasteiger partial charge in [0, 0.05) is 51.1 Å². The van der Waals surface area contributed by atoms with E-state index in [9.17, 15) is 0 Å². The molecule has 0 N–H and O–H groups in total. The van der Waals surface area contributed by atoms with Gasteiger partial charge >= 0.3 is 0 Å². The molecule has 14 rings (SSSR count). The molecule has 0 amide bonds. The van der Waals surface area contributed by atoms with Gasteiger partial charge in [0.1, 0.15) is 24.0 Å². The summed E-state index contributed by atoms with van der Waals surface area (Å²) < 4.78 is 12.0. The van der Waals surface area contributed by atoms with Crippen LogP contribution in [0.1, 0.15) is 105 Å². The van der Waals surface area contributed by atoms with Gasteiger partial charge in [-0.15, -0.1) is 0 Å². The first kappa shape index (κ1) is 55.4. The van der Waals surface area contributed by atoms with Crippen LogP contribution in [0.5, 0.6) is 11.5 Å². The second-order valence-corrected chi connectivity index (χ2v) is 28.2. The number of para-hydroxylation sites is 2. The van der Waals surface area contributed by atoms with E-state index in [2.05, 4.69) is 322 Å². The van der Waals surface area contributed by atoms with Crippen molar-refractivity contribution in [2.75, 3.05) is 4.90 Å². The number of rotatable bonds is 7. The minimum atomic E-state index is -0.127. The van der Waals surface area contributed by atoms with Crippen molar-refractivity contribution in [2.45, 2.75) is 111 Å². The van der Waals surface area contributed by atoms with E-state index in [4.69, 9.17) is 9.72 Å². The van der Waals surface area contributed by atoms with Gasteiger partial charge in [0.05, 0.1) is 27.8 Å². The van der Waals surface area contributed by atoms with Crippen LogP contribution in [-0.4, -0.2) is 14.1 Å². The van der Waals surface area contributed by atoms with Gasteiger partial charge < -0.3 is 14.2 Å². The zero-order valence-electron chi connectivity index (χ0n) is 52.3. The molecule has 87 heavy (non-hydrogen) atoms. The lowest BCUT2D eigenvalue weighted by Gasteiger charge is -2.27. The number of pyridine rings is 1. The fourth-order valence-electron chi connectivity index (χ4n) is 13.2. The molecular formula is C82H76N4O. The molecule has 0 radical (unpaired) electrons. The molecule has 5 nitrogen and oxygen atoms in total. The largest absolute Gasteiger partial charge is 0.457 e. The van der Waals surface area contributed by atoms with Gasteiger partial charge in [-0.2, -0.15) is 0 Å². The van der Waals surface area contributed by atoms with Crippen molar-refractivity contribution in [3.8, 4) is 50.7 Å². The highest BCUT2D eigenvalue weighted by Crippen LogP contribution is 2.47. The maximum atomic E-state index is 7.06. The molecule has 13 aromatic rings. The Balaban J connectivity index is 0.954. The molecule has 0 fully saturated rings. The molecule has 0 bridgehead atoms. The zero-order valence-corrected chi connectivity index (χ0v) is 52.3. The first-order valence-corrected chi connectivity index (χ1v) is 30.9. The number of hydrogen-bond acceptors (Lipinski definition) is 3. The first-order valence-electron chi connectivity index (χ1n) is 30.9. The van der Waals surface area contributed by atoms with E-state index in [0.717, 1.165) is 50.5 Å². The minimum absolute atomic E-state index is 0.0278. The second-order valence-electron chi connectivity index (χ2n) is 28.2. The molecule has 0 spiro atoms. The van der Waals surface area contributed by atoms with Crippen LogP contribution in [0.3, 0.4) is 0 Å². The maximum absolute atomic E-state index is 7.06. The lowest BCUT2D eigenvalue weighted by atomic mass is 9.78. The van der Waals surface area contributed by atoms with Crippen LogP contribution in [0.25, 0.3) is 104 Å². The predicted octanol–water partition coefficient (Wildman–Crippen LogP) is 22.8. The molecule has 1 aliphatic rings. The van der Waals surface area contributed by atoms with Crippen LogP contribution < -0.4 is 9.64 Å². The third kappa shape index (κ3) is 9.97. The summed E-state index contributed by atoms with van der Waals surface area (Å²) in [6, 6.07) is 83.5. The third-order valence-corrected chi connectivity index (χ3v) is 18.0. The van der Waals surface area contributed by atoms with Gasteiger partial charge in [-0.3, -0.25) is 4.57 Å². The summed E-state index contributed by atoms with van der Waals surface area (Å²) in [7, 11) is 0. The quantitative estimate of drug-likeness (QED) is 0.160. The molecule has 10 aromatic carbocycles. The molecule has 0 atom stereocenters. The molecule has 5 heteroatoms. The van der Waals surface area contributed by atoms with Crippen LogP contribution in [0, 0.1) is 0 Å². The molecule has 1 aliphatic heterocycles. The van der Waals surface area contributed by atoms with Gasteiger partial charge in [-0.1, -0.05) is 235 Å². The van der Waals surface area contributed by atoms with Crippen molar-refractivity contribution < 1.29 is 4.74 Å². The fraction of sp³-hybridized carbons (Fsp3) is 0.207. The van der Waals surface area contributed by atoms with E-state index in [1.807, 2.05) is 6.20 Å². The van der Waals surface area contributed by atoms with Gasteiger partial charge in [0.2, 0.25) is 0 Å². The Bertz CT molecular complexity index is 4940. The number of ether oxygens (including phenoxy) is 1. The van der Waals surface area contributed by atoms with Crippen molar-refractivity contribution in [3.63, 3.8) is 0 Å². The summed E-state index contributed by atoms with van der Waals surface area (Å²) >= 11 is 0. The zero-order chi connectivity index (χ0) is 60.3. The molecular weight excluding hydrogens is 1060 g/mol. The summed E-state index contributed by atoms with van der Waals surface area (Å²) in [6.45, 7) is 28.4. The predicted molar refractivity (Wildman–Crippen MR) is 370 cm³/mol. The Morgan fingerprint density at radius 1 is 0.345 bits per heavy atom. The van der Waals surface area contributed by atoms with Crippen molar-refractivity contribution >= 4 is 76.5 Å². The molecule has 4 heterocycles. The van der Waals surface area contributed by atoms with E-state index in [0.29, 0.717) is 6.67 Å². The number of fused-ring (bicyclic) bond motifs is 10. The SMILES string of the molecule is CC(C)(C)c1cc(-c2cc(C(C)(C)C)cc(C(C)(C)C)c2)cc(-c2cccc3c4ccccc4c4ccccc4c4cccc5c4n(c23)CN5c2cccc(Oc3ccc4c5cc(-c6ccccc6)ccc5n(-c5cc(C(C)(C)C)ccn5)c4c3)c2)c1. The maximum Gasteiger partial charge on any atom is 0.137 e. The number of benzene rings is 10. The van der Waals surface area contributed by atoms with Crippen LogP contribution >= 0.6 is 0 Å². The summed E-state index contributed by atoms with van der Waals surface area (Å²) in [5, 5.41) is 9.52. The highest BCUT2D eigenvalue weighted by atomic mass is 16.5. The Morgan fingerprint density at radius 2 is 0.897 bits per heavy atom. The Labute approximate surface area is 512 Å². The van der Waals surface area contributed by atoms with Crippen LogP contribution in [0.15, 0.2) is 231 Å². The smallest absolute Gasteiger partial charge is 0.137 e. The molecule has 430 valence electrons. The van der Waals surface area contributed by atoms with Crippen LogP contribution in [0.2, 0.25) is 0 Å². The van der Waals surface area contributed by atoms with E-state index in [-0.39, 0.29) is 21.7 Å². The second kappa shape index (κ2) is 20.6. The standard InChI is InChI=1S/C82H76N4O/c1-79(2,3)57-39-40-83-76(48-57)86-73-38-35-53(52-23-14-13-15-24-52)46-72(73)69-37-36-63(50-75(69)86)87-62-26-20-25-61(49-62)84-51-85-77-64(56-41-54(42-58(45-56)80(4,5)6)55-43-59(81(7,8)9)47-60(44-55)82(10,11)12)31-21-32-70(77)67-29-18-16-27-65(67)66-28-17-19-30-68(66)71-33-22-34-74(84)78(71)85/h13-50H,51H2,1-12H3. The van der Waals surface area contributed by atoms with E-state index in [1.165, 1.54) is 99.0 Å². The number of anilines is 2. The van der Waals surface area contributed by atoms with Gasteiger partial charge in [-0.25, -0.2) is 4.98 Å². The third-order valence-electron chi connectivity index (χ3n) is 18.0. The minimum Gasteiger partial charge on any atom is -0.457 e. The topological polar surface area (TPSA) is 35.2 Å². The Kier molecular flexibility index (Phi) is 13.1. The van der Waals surface area contributed by atoms with E-state index >= 15 is 0 Å². The normalized spacial score (nSPS) is 13.0. The average molecular weight is 1130 g/mol. The number of aromatic nitrogens is 3. The molecule has 0 saturated heterocycles. The Hall–Kier alpha value is -9.45. The summed E-state index contributed by atoms with van der Waals surface area (Å²) in [6.07, 6.45) is 1.94. The van der Waals surface area contributed by atoms with Gasteiger partial charge in [-0.05, 0) is 154 Å².